The van der Waals surface area contributed by atoms with Gasteiger partial charge in [0.1, 0.15) is 11.6 Å². The van der Waals surface area contributed by atoms with Crippen molar-refractivity contribution in [2.75, 3.05) is 20.1 Å². The van der Waals surface area contributed by atoms with Crippen molar-refractivity contribution in [3.63, 3.8) is 0 Å². The standard InChI is InChI=1S/C15H22F2N2/c1-11(15-13(16)7-5-8-14(15)17)18-10-12-6-3-4-9-19(12)2/h5,7-8,11-12,18H,3-4,6,9-10H2,1-2H3. The van der Waals surface area contributed by atoms with Crippen LogP contribution >= 0.6 is 0 Å². The molecule has 2 unspecified atom stereocenters. The summed E-state index contributed by atoms with van der Waals surface area (Å²) in [5.74, 6) is -0.950. The summed E-state index contributed by atoms with van der Waals surface area (Å²) in [6.45, 7) is 3.69. The number of hydrogen-bond donors (Lipinski definition) is 1. The van der Waals surface area contributed by atoms with Crippen molar-refractivity contribution in [1.82, 2.24) is 10.2 Å². The lowest BCUT2D eigenvalue weighted by Gasteiger charge is -2.33. The van der Waals surface area contributed by atoms with Gasteiger partial charge < -0.3 is 10.2 Å². The highest BCUT2D eigenvalue weighted by atomic mass is 19.1. The number of hydrogen-bond acceptors (Lipinski definition) is 2. The van der Waals surface area contributed by atoms with Crippen LogP contribution in [0.5, 0.6) is 0 Å². The number of halogens is 2. The van der Waals surface area contributed by atoms with Crippen LogP contribution in [0.4, 0.5) is 8.78 Å². The van der Waals surface area contributed by atoms with E-state index in [1.807, 2.05) is 6.92 Å². The fourth-order valence-electron chi connectivity index (χ4n) is 2.74. The molecule has 0 amide bonds. The minimum absolute atomic E-state index is 0.140. The number of nitrogens with one attached hydrogen (secondary N) is 1. The van der Waals surface area contributed by atoms with E-state index in [4.69, 9.17) is 0 Å². The molecule has 2 nitrogen and oxygen atoms in total. The molecule has 0 radical (unpaired) electrons. The number of rotatable bonds is 4. The maximum absolute atomic E-state index is 13.7. The number of likely N-dealkylation sites (N-methyl/N-ethyl adjacent to an activating group) is 1. The first kappa shape index (κ1) is 14.4. The lowest BCUT2D eigenvalue weighted by atomic mass is 10.0. The van der Waals surface area contributed by atoms with Gasteiger partial charge >= 0.3 is 0 Å². The van der Waals surface area contributed by atoms with Gasteiger partial charge in [0.2, 0.25) is 0 Å². The molecule has 0 bridgehead atoms. The molecule has 1 aromatic carbocycles. The molecular weight excluding hydrogens is 246 g/mol. The summed E-state index contributed by atoms with van der Waals surface area (Å²) in [6, 6.07) is 4.17. The largest absolute Gasteiger partial charge is 0.308 e. The molecule has 1 aromatic rings. The van der Waals surface area contributed by atoms with Crippen LogP contribution in [0.25, 0.3) is 0 Å². The number of piperidine rings is 1. The molecule has 0 aliphatic carbocycles. The van der Waals surface area contributed by atoms with E-state index in [9.17, 15) is 8.78 Å². The Labute approximate surface area is 113 Å². The highest BCUT2D eigenvalue weighted by Crippen LogP contribution is 2.21. The SMILES string of the molecule is CC(NCC1CCCCN1C)c1c(F)cccc1F. The van der Waals surface area contributed by atoms with Crippen LogP contribution in [-0.2, 0) is 0 Å². The highest BCUT2D eigenvalue weighted by Gasteiger charge is 2.21. The molecule has 1 saturated heterocycles. The van der Waals surface area contributed by atoms with Crippen molar-refractivity contribution in [1.29, 1.82) is 0 Å². The van der Waals surface area contributed by atoms with E-state index in [1.165, 1.54) is 31.0 Å². The maximum Gasteiger partial charge on any atom is 0.130 e. The summed E-state index contributed by atoms with van der Waals surface area (Å²) in [5, 5.41) is 3.26. The molecule has 1 aliphatic rings. The second-order valence-electron chi connectivity index (χ2n) is 5.40. The van der Waals surface area contributed by atoms with Crippen LogP contribution in [0.3, 0.4) is 0 Å². The van der Waals surface area contributed by atoms with Crippen LogP contribution in [0.1, 0.15) is 37.8 Å². The molecule has 0 aromatic heterocycles. The van der Waals surface area contributed by atoms with Crippen molar-refractivity contribution in [3.8, 4) is 0 Å². The van der Waals surface area contributed by atoms with Crippen LogP contribution < -0.4 is 5.32 Å². The van der Waals surface area contributed by atoms with Gasteiger partial charge in [-0.2, -0.15) is 0 Å². The first-order valence-electron chi connectivity index (χ1n) is 6.97. The molecule has 0 spiro atoms. The minimum atomic E-state index is -0.475. The Morgan fingerprint density at radius 2 is 2.00 bits per heavy atom. The van der Waals surface area contributed by atoms with Crippen LogP contribution in [-0.4, -0.2) is 31.1 Å². The summed E-state index contributed by atoms with van der Waals surface area (Å²) in [4.78, 5) is 2.32. The number of nitrogens with zero attached hydrogens (tertiary/aromatic N) is 1. The van der Waals surface area contributed by atoms with E-state index in [2.05, 4.69) is 17.3 Å². The maximum atomic E-state index is 13.7. The first-order chi connectivity index (χ1) is 9.09. The smallest absolute Gasteiger partial charge is 0.130 e. The van der Waals surface area contributed by atoms with Gasteiger partial charge in [0.15, 0.2) is 0 Å². The Balaban J connectivity index is 1.95. The van der Waals surface area contributed by atoms with E-state index >= 15 is 0 Å². The average molecular weight is 268 g/mol. The number of likely N-dealkylation sites (tertiary alicyclic amines) is 1. The van der Waals surface area contributed by atoms with E-state index in [0.717, 1.165) is 19.5 Å². The zero-order chi connectivity index (χ0) is 13.8. The van der Waals surface area contributed by atoms with Gasteiger partial charge in [-0.15, -0.1) is 0 Å². The van der Waals surface area contributed by atoms with Gasteiger partial charge in [0.25, 0.3) is 0 Å². The normalized spacial score (nSPS) is 22.4. The Bertz CT molecular complexity index is 402. The van der Waals surface area contributed by atoms with Crippen LogP contribution in [0.15, 0.2) is 18.2 Å². The molecule has 2 rings (SSSR count). The highest BCUT2D eigenvalue weighted by molar-refractivity contribution is 5.22. The predicted octanol–water partition coefficient (Wildman–Crippen LogP) is 3.10. The molecule has 1 N–H and O–H groups in total. The van der Waals surface area contributed by atoms with Crippen molar-refractivity contribution < 1.29 is 8.78 Å². The molecule has 1 aliphatic heterocycles. The summed E-state index contributed by atoms with van der Waals surface area (Å²) in [7, 11) is 2.11. The lowest BCUT2D eigenvalue weighted by Crippen LogP contribution is -2.43. The first-order valence-corrected chi connectivity index (χ1v) is 6.97. The fraction of sp³-hybridized carbons (Fsp3) is 0.600. The Hall–Kier alpha value is -1.00. The van der Waals surface area contributed by atoms with Gasteiger partial charge in [-0.05, 0) is 45.5 Å². The third-order valence-corrected chi connectivity index (χ3v) is 4.01. The number of benzene rings is 1. The van der Waals surface area contributed by atoms with E-state index in [0.29, 0.717) is 6.04 Å². The second-order valence-corrected chi connectivity index (χ2v) is 5.40. The molecule has 106 valence electrons. The summed E-state index contributed by atoms with van der Waals surface area (Å²) >= 11 is 0. The zero-order valence-electron chi connectivity index (χ0n) is 11.6. The van der Waals surface area contributed by atoms with E-state index in [-0.39, 0.29) is 11.6 Å². The van der Waals surface area contributed by atoms with Crippen molar-refractivity contribution in [3.05, 3.63) is 35.4 Å². The summed E-state index contributed by atoms with van der Waals surface area (Å²) in [5.41, 5.74) is 0.140. The third-order valence-electron chi connectivity index (χ3n) is 4.01. The monoisotopic (exact) mass is 268 g/mol. The van der Waals surface area contributed by atoms with E-state index in [1.54, 1.807) is 0 Å². The quantitative estimate of drug-likeness (QED) is 0.902. The predicted molar refractivity (Wildman–Crippen MR) is 73.0 cm³/mol. The molecule has 0 saturated carbocycles. The molecule has 1 heterocycles. The molecule has 1 fully saturated rings. The van der Waals surface area contributed by atoms with Gasteiger partial charge in [-0.3, -0.25) is 0 Å². The fourth-order valence-corrected chi connectivity index (χ4v) is 2.74. The Kier molecular flexibility index (Phi) is 4.88. The average Bonchev–Trinajstić information content (AvgIpc) is 2.37. The third kappa shape index (κ3) is 3.51. The molecule has 4 heteroatoms. The van der Waals surface area contributed by atoms with Crippen molar-refractivity contribution >= 4 is 0 Å². The molecular formula is C15H22F2N2. The van der Waals surface area contributed by atoms with Gasteiger partial charge in [0, 0.05) is 24.2 Å². The minimum Gasteiger partial charge on any atom is -0.308 e. The van der Waals surface area contributed by atoms with Crippen molar-refractivity contribution in [2.45, 2.75) is 38.3 Å². The van der Waals surface area contributed by atoms with Crippen LogP contribution in [0.2, 0.25) is 0 Å². The molecule has 2 atom stereocenters. The van der Waals surface area contributed by atoms with Crippen LogP contribution in [0, 0.1) is 11.6 Å². The summed E-state index contributed by atoms with van der Waals surface area (Å²) in [6.07, 6.45) is 3.62. The Morgan fingerprint density at radius 3 is 2.63 bits per heavy atom. The topological polar surface area (TPSA) is 15.3 Å². The lowest BCUT2D eigenvalue weighted by molar-refractivity contribution is 0.178. The van der Waals surface area contributed by atoms with Gasteiger partial charge in [-0.1, -0.05) is 12.5 Å². The molecule has 19 heavy (non-hydrogen) atoms. The summed E-state index contributed by atoms with van der Waals surface area (Å²) < 4.78 is 27.3. The van der Waals surface area contributed by atoms with E-state index < -0.39 is 11.6 Å². The van der Waals surface area contributed by atoms with Crippen molar-refractivity contribution in [2.24, 2.45) is 0 Å². The Morgan fingerprint density at radius 1 is 1.32 bits per heavy atom. The van der Waals surface area contributed by atoms with Gasteiger partial charge in [-0.25, -0.2) is 8.78 Å². The van der Waals surface area contributed by atoms with Gasteiger partial charge in [0.05, 0.1) is 0 Å². The second kappa shape index (κ2) is 6.44. The zero-order valence-corrected chi connectivity index (χ0v) is 11.6.